The van der Waals surface area contributed by atoms with Crippen LogP contribution >= 0.6 is 0 Å². The van der Waals surface area contributed by atoms with Gasteiger partial charge in [0.1, 0.15) is 0 Å². The van der Waals surface area contributed by atoms with Crippen molar-refractivity contribution >= 4 is 57.2 Å². The van der Waals surface area contributed by atoms with Gasteiger partial charge in [-0.1, -0.05) is 208 Å². The van der Waals surface area contributed by atoms with E-state index in [9.17, 15) is 0 Å². The maximum absolute atomic E-state index is 2.75. The van der Waals surface area contributed by atoms with E-state index in [-0.39, 0.29) is 55.4 Å². The lowest BCUT2D eigenvalue weighted by atomic mass is 9.33. The third kappa shape index (κ3) is 8.85. The molecular formula is C72H93BN2. The summed E-state index contributed by atoms with van der Waals surface area (Å²) in [4.78, 5) is 5.43. The Morgan fingerprint density at radius 3 is 1.23 bits per heavy atom. The summed E-state index contributed by atoms with van der Waals surface area (Å²) in [7, 11) is 0. The highest BCUT2D eigenvalue weighted by Crippen LogP contribution is 2.59. The number of hydrogen-bond acceptors (Lipinski definition) is 2. The Bertz CT molecular complexity index is 3190. The average molecular weight is 997 g/mol. The molecule has 394 valence electrons. The van der Waals surface area contributed by atoms with Crippen LogP contribution in [0.4, 0.5) is 34.1 Å². The molecule has 0 amide bonds. The van der Waals surface area contributed by atoms with E-state index < -0.39 is 0 Å². The molecule has 6 aromatic rings. The van der Waals surface area contributed by atoms with Crippen LogP contribution in [-0.4, -0.2) is 6.71 Å². The smallest absolute Gasteiger partial charge is 0.252 e. The van der Waals surface area contributed by atoms with Gasteiger partial charge in [-0.05, 0) is 201 Å². The normalized spacial score (nSPS) is 18.5. The van der Waals surface area contributed by atoms with Gasteiger partial charge in [-0.25, -0.2) is 0 Å². The van der Waals surface area contributed by atoms with Crippen LogP contribution < -0.4 is 26.2 Å². The summed E-state index contributed by atoms with van der Waals surface area (Å²) in [5.74, 6) is 0. The molecule has 6 aromatic carbocycles. The Morgan fingerprint density at radius 1 is 0.347 bits per heavy atom. The summed E-state index contributed by atoms with van der Waals surface area (Å²) in [6.45, 7) is 56.0. The van der Waals surface area contributed by atoms with Crippen molar-refractivity contribution in [1.29, 1.82) is 0 Å². The lowest BCUT2D eigenvalue weighted by Crippen LogP contribution is -2.61. The first-order valence-corrected chi connectivity index (χ1v) is 28.9. The van der Waals surface area contributed by atoms with Gasteiger partial charge in [0.05, 0.1) is 0 Å². The molecule has 0 unspecified atom stereocenters. The SMILES string of the molecule is CC(C)(C)c1ccc(N2c3ccc(C(C)(C)C)cc3B3c4ccc(C(C)(C)C)cc4N(c4cc(C(C)(C)C)cc(C(C)(C)C)c4)c4cc(-c5c6c(cc7c5C(C)(C)CCC7(C)C)C(C)(C)CCC6(C)C)cc2c43)cc1. The lowest BCUT2D eigenvalue weighted by Gasteiger charge is -2.50. The molecule has 75 heavy (non-hydrogen) atoms. The van der Waals surface area contributed by atoms with E-state index in [2.05, 4.69) is 266 Å². The zero-order valence-corrected chi connectivity index (χ0v) is 51.0. The second-order valence-corrected chi connectivity index (χ2v) is 31.8. The summed E-state index contributed by atoms with van der Waals surface area (Å²) < 4.78 is 0. The fourth-order valence-electron chi connectivity index (χ4n) is 13.6. The van der Waals surface area contributed by atoms with Gasteiger partial charge in [0, 0.05) is 34.1 Å². The molecule has 4 aliphatic rings. The first kappa shape index (κ1) is 53.4. The molecule has 0 saturated carbocycles. The highest BCUT2D eigenvalue weighted by molar-refractivity contribution is 7.00. The van der Waals surface area contributed by atoms with Crippen molar-refractivity contribution in [3.05, 3.63) is 147 Å². The summed E-state index contributed by atoms with van der Waals surface area (Å²) in [5.41, 5.74) is 27.5. The van der Waals surface area contributed by atoms with Crippen molar-refractivity contribution in [2.24, 2.45) is 0 Å². The molecule has 2 nitrogen and oxygen atoms in total. The van der Waals surface area contributed by atoms with Gasteiger partial charge in [0.15, 0.2) is 0 Å². The van der Waals surface area contributed by atoms with Crippen LogP contribution in [0.2, 0.25) is 0 Å². The topological polar surface area (TPSA) is 6.48 Å². The minimum absolute atomic E-state index is 0.00366. The van der Waals surface area contributed by atoms with E-state index in [1.165, 1.54) is 102 Å². The van der Waals surface area contributed by atoms with Gasteiger partial charge in [-0.2, -0.15) is 0 Å². The molecule has 0 radical (unpaired) electrons. The number of nitrogens with zero attached hydrogens (tertiary/aromatic N) is 2. The average Bonchev–Trinajstić information content (AvgIpc) is 3.29. The number of benzene rings is 6. The third-order valence-corrected chi connectivity index (χ3v) is 18.9. The first-order valence-electron chi connectivity index (χ1n) is 28.9. The zero-order valence-electron chi connectivity index (χ0n) is 51.0. The number of hydrogen-bond donors (Lipinski definition) is 0. The summed E-state index contributed by atoms with van der Waals surface area (Å²) >= 11 is 0. The Hall–Kier alpha value is -5.02. The minimum Gasteiger partial charge on any atom is -0.311 e. The number of fused-ring (bicyclic) bond motifs is 6. The Balaban J connectivity index is 1.45. The van der Waals surface area contributed by atoms with Gasteiger partial charge in [-0.3, -0.25) is 0 Å². The van der Waals surface area contributed by atoms with Crippen molar-refractivity contribution in [2.45, 2.75) is 234 Å². The zero-order chi connectivity index (χ0) is 54.9. The maximum atomic E-state index is 2.75. The highest BCUT2D eigenvalue weighted by Gasteiger charge is 2.49. The molecule has 0 bridgehead atoms. The third-order valence-electron chi connectivity index (χ3n) is 18.9. The van der Waals surface area contributed by atoms with E-state index >= 15 is 0 Å². The molecule has 0 N–H and O–H groups in total. The quantitative estimate of drug-likeness (QED) is 0.163. The van der Waals surface area contributed by atoms with Crippen molar-refractivity contribution in [3.8, 4) is 11.1 Å². The molecule has 0 fully saturated rings. The second kappa shape index (κ2) is 16.7. The highest BCUT2D eigenvalue weighted by atomic mass is 15.2. The summed E-state index contributed by atoms with van der Waals surface area (Å²) in [6.07, 6.45) is 4.67. The van der Waals surface area contributed by atoms with E-state index in [1.807, 2.05) is 0 Å². The van der Waals surface area contributed by atoms with Crippen molar-refractivity contribution in [2.75, 3.05) is 9.80 Å². The van der Waals surface area contributed by atoms with E-state index in [4.69, 9.17) is 0 Å². The lowest BCUT2D eigenvalue weighted by molar-refractivity contribution is 0.314. The standard InChI is InChI=1S/C72H93BN2/c1-64(2,3)45-24-28-50(29-25-45)74-56-31-27-46(65(4,5)6)41-55(56)73-54-30-26-47(66(7,8)9)42-57(54)75(51-39-48(67(10,11)12)38-49(40-51)68(13,14)15)59-37-44(36-58(74)63(59)73)60-61-52(69(16,17)32-34-71(61,20)21)43-53-62(60)72(22,23)35-33-70(53,18)19/h24-31,36-43H,32-35H2,1-23H3. The molecule has 10 rings (SSSR count). The Morgan fingerprint density at radius 2 is 0.760 bits per heavy atom. The fourth-order valence-corrected chi connectivity index (χ4v) is 13.6. The Kier molecular flexibility index (Phi) is 11.9. The largest absolute Gasteiger partial charge is 0.311 e. The molecule has 2 aliphatic carbocycles. The molecule has 0 saturated heterocycles. The Labute approximate surface area is 456 Å². The van der Waals surface area contributed by atoms with Crippen LogP contribution in [0, 0.1) is 0 Å². The fraction of sp³-hybridized carbons (Fsp3) is 0.500. The molecule has 0 atom stereocenters. The molecule has 2 heterocycles. The van der Waals surface area contributed by atoms with Crippen LogP contribution in [0.5, 0.6) is 0 Å². The van der Waals surface area contributed by atoms with E-state index in [0.717, 1.165) is 12.8 Å². The first-order chi connectivity index (χ1) is 34.3. The van der Waals surface area contributed by atoms with Gasteiger partial charge in [-0.15, -0.1) is 0 Å². The van der Waals surface area contributed by atoms with E-state index in [1.54, 1.807) is 22.3 Å². The van der Waals surface area contributed by atoms with Gasteiger partial charge in [0.25, 0.3) is 6.71 Å². The molecule has 0 spiro atoms. The van der Waals surface area contributed by atoms with Gasteiger partial charge < -0.3 is 9.80 Å². The van der Waals surface area contributed by atoms with E-state index in [0.29, 0.717) is 0 Å². The van der Waals surface area contributed by atoms with Crippen LogP contribution in [-0.2, 0) is 48.7 Å². The summed E-state index contributed by atoms with van der Waals surface area (Å²) in [6, 6.07) is 40.4. The van der Waals surface area contributed by atoms with Crippen LogP contribution in [0.1, 0.15) is 235 Å². The van der Waals surface area contributed by atoms with Crippen LogP contribution in [0.25, 0.3) is 11.1 Å². The van der Waals surface area contributed by atoms with Crippen molar-refractivity contribution in [1.82, 2.24) is 0 Å². The monoisotopic (exact) mass is 997 g/mol. The van der Waals surface area contributed by atoms with Crippen LogP contribution in [0.3, 0.4) is 0 Å². The number of rotatable bonds is 3. The summed E-state index contributed by atoms with van der Waals surface area (Å²) in [5, 5.41) is 0. The number of anilines is 6. The molecular weight excluding hydrogens is 904 g/mol. The van der Waals surface area contributed by atoms with Crippen molar-refractivity contribution < 1.29 is 0 Å². The predicted molar refractivity (Wildman–Crippen MR) is 330 cm³/mol. The maximum Gasteiger partial charge on any atom is 0.252 e. The molecule has 3 heteroatoms. The van der Waals surface area contributed by atoms with Gasteiger partial charge >= 0.3 is 0 Å². The van der Waals surface area contributed by atoms with Crippen LogP contribution in [0.15, 0.2) is 97.1 Å². The van der Waals surface area contributed by atoms with Crippen molar-refractivity contribution in [3.63, 3.8) is 0 Å². The second-order valence-electron chi connectivity index (χ2n) is 31.8. The van der Waals surface area contributed by atoms with Gasteiger partial charge in [0.2, 0.25) is 0 Å². The minimum atomic E-state index is -0.0665. The predicted octanol–water partition coefficient (Wildman–Crippen LogP) is 18.6. The molecule has 0 aromatic heterocycles. The molecule has 2 aliphatic heterocycles.